The molecule has 0 amide bonds. The van der Waals surface area contributed by atoms with Gasteiger partial charge in [-0.25, -0.2) is 9.78 Å². The predicted molar refractivity (Wildman–Crippen MR) is 60.8 cm³/mol. The number of nitrogens with zero attached hydrogens (tertiary/aromatic N) is 1. The summed E-state index contributed by atoms with van der Waals surface area (Å²) in [4.78, 5) is 14.8. The summed E-state index contributed by atoms with van der Waals surface area (Å²) in [6, 6.07) is 6.93. The highest BCUT2D eigenvalue weighted by Crippen LogP contribution is 2.22. The van der Waals surface area contributed by atoms with E-state index in [1.165, 1.54) is 6.07 Å². The lowest BCUT2D eigenvalue weighted by molar-refractivity contribution is 0.0698. The number of carboxylic acid groups (broad SMARTS) is 1. The van der Waals surface area contributed by atoms with Crippen LogP contribution in [0.1, 0.15) is 10.4 Å². The number of aromatic nitrogens is 1. The first-order valence-corrected chi connectivity index (χ1v) is 4.96. The van der Waals surface area contributed by atoms with Crippen LogP contribution in [0.3, 0.4) is 0 Å². The summed E-state index contributed by atoms with van der Waals surface area (Å²) < 4.78 is 0.873. The number of nitrogen functional groups attached to an aromatic ring is 1. The zero-order valence-electron chi connectivity index (χ0n) is 7.57. The van der Waals surface area contributed by atoms with Gasteiger partial charge in [-0.2, -0.15) is 0 Å². The lowest BCUT2D eigenvalue weighted by atomic mass is 10.1. The molecule has 0 spiro atoms. The number of halogens is 1. The molecular weight excluding hydrogens is 260 g/mol. The Balaban J connectivity index is 2.77. The maximum Gasteiger partial charge on any atom is 0.339 e. The van der Waals surface area contributed by atoms with Gasteiger partial charge >= 0.3 is 5.97 Å². The standard InChI is InChI=1S/C10H7BrN2O2/c11-6-1-2-8-5(3-6)4-7(10(14)15)9(12)13-8/h1-4H,(H2,12,13)(H,14,15). The van der Waals surface area contributed by atoms with Crippen LogP contribution < -0.4 is 5.73 Å². The largest absolute Gasteiger partial charge is 0.478 e. The average Bonchev–Trinajstić information content (AvgIpc) is 2.17. The van der Waals surface area contributed by atoms with Gasteiger partial charge in [0.25, 0.3) is 0 Å². The molecule has 3 N–H and O–H groups in total. The highest BCUT2D eigenvalue weighted by atomic mass is 79.9. The SMILES string of the molecule is Nc1nc2ccc(Br)cc2cc1C(=O)O. The van der Waals surface area contributed by atoms with Crippen LogP contribution >= 0.6 is 15.9 Å². The number of carbonyl (C=O) groups is 1. The minimum Gasteiger partial charge on any atom is -0.478 e. The molecule has 1 aromatic carbocycles. The molecule has 0 saturated heterocycles. The molecule has 0 aliphatic carbocycles. The van der Waals surface area contributed by atoms with Crippen molar-refractivity contribution < 1.29 is 9.90 Å². The van der Waals surface area contributed by atoms with Gasteiger partial charge in [0.2, 0.25) is 0 Å². The molecule has 0 unspecified atom stereocenters. The quantitative estimate of drug-likeness (QED) is 0.831. The van der Waals surface area contributed by atoms with E-state index in [9.17, 15) is 4.79 Å². The van der Waals surface area contributed by atoms with Crippen LogP contribution in [-0.2, 0) is 0 Å². The normalized spacial score (nSPS) is 10.5. The highest BCUT2D eigenvalue weighted by Gasteiger charge is 2.10. The third-order valence-corrected chi connectivity index (χ3v) is 2.53. The minimum atomic E-state index is -1.07. The van der Waals surface area contributed by atoms with Gasteiger partial charge in [-0.05, 0) is 24.3 Å². The molecule has 0 atom stereocenters. The summed E-state index contributed by atoms with van der Waals surface area (Å²) >= 11 is 3.31. The van der Waals surface area contributed by atoms with Crippen LogP contribution in [0.4, 0.5) is 5.82 Å². The Hall–Kier alpha value is -1.62. The second-order valence-corrected chi connectivity index (χ2v) is 3.98. The van der Waals surface area contributed by atoms with Crippen molar-refractivity contribution in [1.29, 1.82) is 0 Å². The van der Waals surface area contributed by atoms with Crippen LogP contribution in [0.2, 0.25) is 0 Å². The number of carboxylic acids is 1. The summed E-state index contributed by atoms with van der Waals surface area (Å²) in [5, 5.41) is 9.61. The maximum absolute atomic E-state index is 10.8. The fourth-order valence-corrected chi connectivity index (χ4v) is 1.71. The smallest absolute Gasteiger partial charge is 0.339 e. The Morgan fingerprint density at radius 1 is 1.40 bits per heavy atom. The van der Waals surface area contributed by atoms with E-state index in [1.807, 2.05) is 6.07 Å². The number of pyridine rings is 1. The Morgan fingerprint density at radius 3 is 2.80 bits per heavy atom. The van der Waals surface area contributed by atoms with Crippen molar-refractivity contribution in [3.63, 3.8) is 0 Å². The van der Waals surface area contributed by atoms with E-state index in [-0.39, 0.29) is 11.4 Å². The third kappa shape index (κ3) is 1.78. The van der Waals surface area contributed by atoms with Crippen molar-refractivity contribution in [3.05, 3.63) is 34.3 Å². The first-order chi connectivity index (χ1) is 7.08. The van der Waals surface area contributed by atoms with Crippen molar-refractivity contribution in [2.75, 3.05) is 5.73 Å². The lowest BCUT2D eigenvalue weighted by Crippen LogP contribution is -2.04. The average molecular weight is 267 g/mol. The number of aromatic carboxylic acids is 1. The molecule has 76 valence electrons. The van der Waals surface area contributed by atoms with E-state index >= 15 is 0 Å². The molecule has 0 radical (unpaired) electrons. The van der Waals surface area contributed by atoms with Crippen molar-refractivity contribution >= 4 is 38.6 Å². The third-order valence-electron chi connectivity index (χ3n) is 2.04. The summed E-state index contributed by atoms with van der Waals surface area (Å²) in [6.07, 6.45) is 0. The van der Waals surface area contributed by atoms with E-state index in [4.69, 9.17) is 10.8 Å². The first kappa shape index (κ1) is 9.92. The Morgan fingerprint density at radius 2 is 2.13 bits per heavy atom. The molecule has 0 aliphatic heterocycles. The zero-order chi connectivity index (χ0) is 11.0. The molecule has 4 nitrogen and oxygen atoms in total. The maximum atomic E-state index is 10.8. The van der Waals surface area contributed by atoms with E-state index in [2.05, 4.69) is 20.9 Å². The van der Waals surface area contributed by atoms with Crippen LogP contribution in [0, 0.1) is 0 Å². The summed E-state index contributed by atoms with van der Waals surface area (Å²) in [6.45, 7) is 0. The minimum absolute atomic E-state index is 0.0283. The predicted octanol–water partition coefficient (Wildman–Crippen LogP) is 2.28. The van der Waals surface area contributed by atoms with Gasteiger partial charge in [-0.1, -0.05) is 15.9 Å². The highest BCUT2D eigenvalue weighted by molar-refractivity contribution is 9.10. The summed E-state index contributed by atoms with van der Waals surface area (Å²) in [5.41, 5.74) is 6.23. The fraction of sp³-hybridized carbons (Fsp3) is 0. The topological polar surface area (TPSA) is 76.2 Å². The van der Waals surface area contributed by atoms with Crippen LogP contribution in [0.5, 0.6) is 0 Å². The lowest BCUT2D eigenvalue weighted by Gasteiger charge is -2.03. The fourth-order valence-electron chi connectivity index (χ4n) is 1.33. The summed E-state index contributed by atoms with van der Waals surface area (Å²) in [5.74, 6) is -1.03. The Bertz CT molecular complexity index is 554. The van der Waals surface area contributed by atoms with E-state index in [0.717, 1.165) is 9.86 Å². The number of hydrogen-bond acceptors (Lipinski definition) is 3. The van der Waals surface area contributed by atoms with E-state index in [1.54, 1.807) is 12.1 Å². The van der Waals surface area contributed by atoms with Gasteiger partial charge in [-0.15, -0.1) is 0 Å². The number of rotatable bonds is 1. The van der Waals surface area contributed by atoms with Gasteiger partial charge < -0.3 is 10.8 Å². The van der Waals surface area contributed by atoms with E-state index < -0.39 is 5.97 Å². The Kier molecular flexibility index (Phi) is 2.32. The van der Waals surface area contributed by atoms with Gasteiger partial charge in [0.15, 0.2) is 0 Å². The van der Waals surface area contributed by atoms with Crippen molar-refractivity contribution in [3.8, 4) is 0 Å². The number of benzene rings is 1. The number of hydrogen-bond donors (Lipinski definition) is 2. The van der Waals surface area contributed by atoms with E-state index in [0.29, 0.717) is 5.52 Å². The Labute approximate surface area is 93.9 Å². The monoisotopic (exact) mass is 266 g/mol. The van der Waals surface area contributed by atoms with Crippen molar-refractivity contribution in [2.45, 2.75) is 0 Å². The second kappa shape index (κ2) is 3.51. The summed E-state index contributed by atoms with van der Waals surface area (Å²) in [7, 11) is 0. The van der Waals surface area contributed by atoms with Gasteiger partial charge in [0.1, 0.15) is 11.4 Å². The van der Waals surface area contributed by atoms with Crippen LogP contribution in [0.25, 0.3) is 10.9 Å². The molecular formula is C10H7BrN2O2. The van der Waals surface area contributed by atoms with Crippen LogP contribution in [-0.4, -0.2) is 16.1 Å². The molecule has 1 aromatic heterocycles. The van der Waals surface area contributed by atoms with Gasteiger partial charge in [0, 0.05) is 9.86 Å². The van der Waals surface area contributed by atoms with Crippen molar-refractivity contribution in [2.24, 2.45) is 0 Å². The van der Waals surface area contributed by atoms with Gasteiger partial charge in [-0.3, -0.25) is 0 Å². The molecule has 1 heterocycles. The molecule has 5 heteroatoms. The molecule has 0 fully saturated rings. The molecule has 0 saturated carbocycles. The van der Waals surface area contributed by atoms with Crippen molar-refractivity contribution in [1.82, 2.24) is 4.98 Å². The van der Waals surface area contributed by atoms with Gasteiger partial charge in [0.05, 0.1) is 5.52 Å². The molecule has 0 aliphatic rings. The zero-order valence-corrected chi connectivity index (χ0v) is 9.15. The number of anilines is 1. The second-order valence-electron chi connectivity index (χ2n) is 3.06. The first-order valence-electron chi connectivity index (χ1n) is 4.17. The molecule has 15 heavy (non-hydrogen) atoms. The van der Waals surface area contributed by atoms with Crippen LogP contribution in [0.15, 0.2) is 28.7 Å². The molecule has 0 bridgehead atoms. The molecule has 2 aromatic rings. The number of nitrogens with two attached hydrogens (primary N) is 1. The molecule has 2 rings (SSSR count). The number of fused-ring (bicyclic) bond motifs is 1.